The van der Waals surface area contributed by atoms with Crippen LogP contribution < -0.4 is 5.73 Å². The molecule has 0 unspecified atom stereocenters. The lowest BCUT2D eigenvalue weighted by Gasteiger charge is -2.46. The molecule has 0 heterocycles. The van der Waals surface area contributed by atoms with Gasteiger partial charge in [0.1, 0.15) is 0 Å². The van der Waals surface area contributed by atoms with Crippen LogP contribution in [0.1, 0.15) is 56.1 Å². The van der Waals surface area contributed by atoms with E-state index in [1.54, 1.807) is 0 Å². The zero-order valence-corrected chi connectivity index (χ0v) is 11.5. The van der Waals surface area contributed by atoms with Crippen molar-refractivity contribution in [3.05, 3.63) is 35.4 Å². The number of hydrogen-bond acceptors (Lipinski definition) is 2. The smallest absolute Gasteiger partial charge is 0.0493 e. The first-order valence-corrected chi connectivity index (χ1v) is 7.04. The molecule has 1 aliphatic carbocycles. The van der Waals surface area contributed by atoms with Gasteiger partial charge in [0, 0.05) is 17.9 Å². The summed E-state index contributed by atoms with van der Waals surface area (Å²) in [5, 5.41) is 9.69. The van der Waals surface area contributed by atoms with E-state index < -0.39 is 0 Å². The van der Waals surface area contributed by atoms with Gasteiger partial charge in [-0.3, -0.25) is 0 Å². The van der Waals surface area contributed by atoms with Crippen molar-refractivity contribution in [1.29, 1.82) is 0 Å². The number of hydrogen-bond donors (Lipinski definition) is 2. The molecule has 1 aliphatic rings. The van der Waals surface area contributed by atoms with Crippen molar-refractivity contribution >= 4 is 0 Å². The highest BCUT2D eigenvalue weighted by atomic mass is 16.3. The Morgan fingerprint density at radius 2 is 1.72 bits per heavy atom. The molecular weight excluding hydrogens is 222 g/mol. The van der Waals surface area contributed by atoms with Crippen molar-refractivity contribution < 1.29 is 5.11 Å². The van der Waals surface area contributed by atoms with E-state index in [1.807, 2.05) is 0 Å². The lowest BCUT2D eigenvalue weighted by Crippen LogP contribution is -2.42. The number of benzene rings is 1. The summed E-state index contributed by atoms with van der Waals surface area (Å²) in [6, 6.07) is 8.80. The molecule has 0 aliphatic heterocycles. The highest BCUT2D eigenvalue weighted by molar-refractivity contribution is 5.29. The third kappa shape index (κ3) is 2.32. The van der Waals surface area contributed by atoms with Gasteiger partial charge < -0.3 is 10.8 Å². The second kappa shape index (κ2) is 5.41. The number of aliphatic hydroxyl groups excluding tert-OH is 1. The molecule has 1 aromatic carbocycles. The molecule has 0 saturated heterocycles. The minimum atomic E-state index is 0.0497. The van der Waals surface area contributed by atoms with Crippen LogP contribution in [-0.2, 0) is 0 Å². The maximum atomic E-state index is 9.69. The molecule has 2 nitrogen and oxygen atoms in total. The van der Waals surface area contributed by atoms with Gasteiger partial charge in [-0.1, -0.05) is 44.5 Å². The molecule has 0 aromatic heterocycles. The second-order valence-corrected chi connectivity index (χ2v) is 5.98. The van der Waals surface area contributed by atoms with Crippen LogP contribution in [0.5, 0.6) is 0 Å². The van der Waals surface area contributed by atoms with Crippen molar-refractivity contribution in [3.63, 3.8) is 0 Å². The van der Waals surface area contributed by atoms with Crippen LogP contribution in [0.4, 0.5) is 0 Å². The monoisotopic (exact) mass is 247 g/mol. The largest absolute Gasteiger partial charge is 0.396 e. The van der Waals surface area contributed by atoms with Gasteiger partial charge in [0.15, 0.2) is 0 Å². The summed E-state index contributed by atoms with van der Waals surface area (Å²) < 4.78 is 0. The summed E-state index contributed by atoms with van der Waals surface area (Å²) in [5.41, 5.74) is 8.66. The van der Waals surface area contributed by atoms with E-state index in [0.717, 1.165) is 12.8 Å². The van der Waals surface area contributed by atoms with Crippen LogP contribution >= 0.6 is 0 Å². The topological polar surface area (TPSA) is 46.2 Å². The van der Waals surface area contributed by atoms with E-state index in [4.69, 9.17) is 5.73 Å². The SMILES string of the molecule is CC(C)c1ccc([C@@H](CN)C2(CO)CCC2)cc1. The minimum absolute atomic E-state index is 0.0497. The average Bonchev–Trinajstić information content (AvgIpc) is 2.34. The van der Waals surface area contributed by atoms with Gasteiger partial charge in [0.05, 0.1) is 0 Å². The van der Waals surface area contributed by atoms with Crippen LogP contribution in [0.15, 0.2) is 24.3 Å². The normalized spacial score (nSPS) is 19.6. The summed E-state index contributed by atoms with van der Waals surface area (Å²) in [6.45, 7) is 5.30. The van der Waals surface area contributed by atoms with E-state index in [-0.39, 0.29) is 12.0 Å². The Labute approximate surface area is 110 Å². The summed E-state index contributed by atoms with van der Waals surface area (Å²) in [5.74, 6) is 0.864. The zero-order chi connectivity index (χ0) is 13.2. The number of rotatable bonds is 5. The van der Waals surface area contributed by atoms with Gasteiger partial charge in [-0.25, -0.2) is 0 Å². The Kier molecular flexibility index (Phi) is 4.08. The van der Waals surface area contributed by atoms with Crippen molar-refractivity contribution in [2.45, 2.75) is 44.9 Å². The fourth-order valence-electron chi connectivity index (χ4n) is 3.10. The summed E-state index contributed by atoms with van der Waals surface area (Å²) >= 11 is 0. The zero-order valence-electron chi connectivity index (χ0n) is 11.5. The molecule has 0 bridgehead atoms. The molecule has 1 atom stereocenters. The van der Waals surface area contributed by atoms with Gasteiger partial charge >= 0.3 is 0 Å². The highest BCUT2D eigenvalue weighted by Crippen LogP contribution is 2.50. The molecule has 1 saturated carbocycles. The van der Waals surface area contributed by atoms with E-state index in [2.05, 4.69) is 38.1 Å². The molecule has 2 rings (SSSR count). The standard InChI is InChI=1S/C16H25NO/c1-12(2)13-4-6-14(7-5-13)15(10-17)16(11-18)8-3-9-16/h4-7,12,15,18H,3,8-11,17H2,1-2H3/t15-/m1/s1. The summed E-state index contributed by atoms with van der Waals surface area (Å²) in [4.78, 5) is 0. The lowest BCUT2D eigenvalue weighted by molar-refractivity contribution is 0.0192. The van der Waals surface area contributed by atoms with Gasteiger partial charge in [0.25, 0.3) is 0 Å². The van der Waals surface area contributed by atoms with Gasteiger partial charge in [-0.15, -0.1) is 0 Å². The van der Waals surface area contributed by atoms with Gasteiger partial charge in [-0.2, -0.15) is 0 Å². The van der Waals surface area contributed by atoms with Crippen molar-refractivity contribution in [1.82, 2.24) is 0 Å². The molecule has 3 N–H and O–H groups in total. The molecular formula is C16H25NO. The second-order valence-electron chi connectivity index (χ2n) is 5.98. The molecule has 1 fully saturated rings. The Morgan fingerprint density at radius 1 is 1.17 bits per heavy atom. The van der Waals surface area contributed by atoms with E-state index >= 15 is 0 Å². The van der Waals surface area contributed by atoms with Crippen LogP contribution in [0.2, 0.25) is 0 Å². The molecule has 0 amide bonds. The predicted octanol–water partition coefficient (Wildman–Crippen LogP) is 3.01. The summed E-state index contributed by atoms with van der Waals surface area (Å²) in [7, 11) is 0. The summed E-state index contributed by atoms with van der Waals surface area (Å²) in [6.07, 6.45) is 3.44. The van der Waals surface area contributed by atoms with Gasteiger partial charge in [0.2, 0.25) is 0 Å². The quantitative estimate of drug-likeness (QED) is 0.840. The van der Waals surface area contributed by atoms with Crippen LogP contribution in [0.3, 0.4) is 0 Å². The first-order valence-electron chi connectivity index (χ1n) is 7.04. The minimum Gasteiger partial charge on any atom is -0.396 e. The Bertz CT molecular complexity index is 373. The maximum absolute atomic E-state index is 9.69. The third-order valence-electron chi connectivity index (χ3n) is 4.64. The maximum Gasteiger partial charge on any atom is 0.0493 e. The van der Waals surface area contributed by atoms with Crippen molar-refractivity contribution in [3.8, 4) is 0 Å². The first kappa shape index (κ1) is 13.6. The highest BCUT2D eigenvalue weighted by Gasteiger charge is 2.43. The van der Waals surface area contributed by atoms with Crippen molar-refractivity contribution in [2.75, 3.05) is 13.2 Å². The van der Waals surface area contributed by atoms with Crippen LogP contribution in [0, 0.1) is 5.41 Å². The number of nitrogens with two attached hydrogens (primary N) is 1. The molecule has 0 spiro atoms. The Hall–Kier alpha value is -0.860. The van der Waals surface area contributed by atoms with E-state index in [1.165, 1.54) is 17.5 Å². The molecule has 0 radical (unpaired) electrons. The third-order valence-corrected chi connectivity index (χ3v) is 4.64. The fraction of sp³-hybridized carbons (Fsp3) is 0.625. The lowest BCUT2D eigenvalue weighted by atomic mass is 9.59. The van der Waals surface area contributed by atoms with E-state index in [9.17, 15) is 5.11 Å². The molecule has 100 valence electrons. The number of aliphatic hydroxyl groups is 1. The molecule has 2 heteroatoms. The van der Waals surface area contributed by atoms with Crippen LogP contribution in [-0.4, -0.2) is 18.3 Å². The Balaban J connectivity index is 2.22. The van der Waals surface area contributed by atoms with Crippen LogP contribution in [0.25, 0.3) is 0 Å². The van der Waals surface area contributed by atoms with E-state index in [0.29, 0.717) is 18.4 Å². The first-order chi connectivity index (χ1) is 8.63. The van der Waals surface area contributed by atoms with Gasteiger partial charge in [-0.05, 0) is 36.4 Å². The molecule has 18 heavy (non-hydrogen) atoms. The fourth-order valence-corrected chi connectivity index (χ4v) is 3.10. The predicted molar refractivity (Wildman–Crippen MR) is 75.7 cm³/mol. The Morgan fingerprint density at radius 3 is 2.06 bits per heavy atom. The molecule has 1 aromatic rings. The van der Waals surface area contributed by atoms with Crippen molar-refractivity contribution in [2.24, 2.45) is 11.1 Å². The average molecular weight is 247 g/mol.